The Balaban J connectivity index is 1.66. The van der Waals surface area contributed by atoms with Gasteiger partial charge in [0.1, 0.15) is 0 Å². The van der Waals surface area contributed by atoms with Crippen molar-refractivity contribution < 1.29 is 18.6 Å². The van der Waals surface area contributed by atoms with Crippen molar-refractivity contribution in [2.45, 2.75) is 47.1 Å². The van der Waals surface area contributed by atoms with Crippen LogP contribution in [0.4, 0.5) is 0 Å². The Kier molecular flexibility index (Phi) is 19.6. The van der Waals surface area contributed by atoms with Gasteiger partial charge in [-0.3, -0.25) is 19.3 Å². The van der Waals surface area contributed by atoms with E-state index < -0.39 is 13.9 Å². The highest BCUT2D eigenvalue weighted by Crippen LogP contribution is 2.67. The molecule has 3 fully saturated rings. The van der Waals surface area contributed by atoms with E-state index >= 15 is 14.4 Å². The number of fused-ring (bicyclic) bond motifs is 6. The van der Waals surface area contributed by atoms with Crippen LogP contribution in [0.2, 0.25) is 0 Å². The largest absolute Gasteiger partial charge is 0.294 e. The summed E-state index contributed by atoms with van der Waals surface area (Å²) in [7, 11) is -1.72. The standard InChI is InChI=1S/C69H76N4O3P/c1-54(2)50-71-45-43-70-44-46-72(51-55(3)4)77(71)73(52-56(5)6,65(49-62-35-23-12-24-36-62)68(76)42-39-59-29-17-9-18-30-59)69(53-70,63(47-60-31-19-10-20-32-60)66(74)40-37-57-25-13-7-14-26-57)64(48-61-33-21-11-22-34-61)67(75)41-38-58-27-15-8-16-28-58/h7-42,47-49,54-56H,43-46,50-53H2,1-6H3/q+1. The normalized spacial score (nSPS) is 21.1. The van der Waals surface area contributed by atoms with Crippen molar-refractivity contribution in [3.8, 4) is 0 Å². The molecule has 3 saturated heterocycles. The van der Waals surface area contributed by atoms with Gasteiger partial charge in [-0.15, -0.1) is 0 Å². The number of rotatable bonds is 21. The molecule has 1 atom stereocenters. The summed E-state index contributed by atoms with van der Waals surface area (Å²) >= 11 is 0. The van der Waals surface area contributed by atoms with E-state index in [1.54, 1.807) is 18.2 Å². The second-order valence-corrected chi connectivity index (χ2v) is 23.9. The van der Waals surface area contributed by atoms with E-state index in [-0.39, 0.29) is 45.9 Å². The lowest BCUT2D eigenvalue weighted by Gasteiger charge is -2.64. The lowest BCUT2D eigenvalue weighted by molar-refractivity contribution is -0.816. The lowest BCUT2D eigenvalue weighted by Crippen LogP contribution is -2.74. The highest BCUT2D eigenvalue weighted by atomic mass is 31.2. The first-order chi connectivity index (χ1) is 37.4. The zero-order chi connectivity index (χ0) is 54.2. The molecule has 394 valence electrons. The first-order valence-corrected chi connectivity index (χ1v) is 28.6. The van der Waals surface area contributed by atoms with Crippen molar-refractivity contribution in [3.05, 3.63) is 250 Å². The fourth-order valence-electron chi connectivity index (χ4n) is 11.0. The molecule has 2 bridgehead atoms. The predicted octanol–water partition coefficient (Wildman–Crippen LogP) is 14.7. The van der Waals surface area contributed by atoms with Crippen LogP contribution in [-0.2, 0) is 14.4 Å². The average Bonchev–Trinajstić information content (AvgIpc) is 3.50. The van der Waals surface area contributed by atoms with E-state index in [9.17, 15) is 0 Å². The van der Waals surface area contributed by atoms with Crippen LogP contribution in [0.3, 0.4) is 0 Å². The topological polar surface area (TPSA) is 60.9 Å². The number of carbonyl (C=O) groups excluding carboxylic acids is 3. The van der Waals surface area contributed by atoms with E-state index in [1.807, 2.05) is 188 Å². The Hall–Kier alpha value is -6.96. The molecular formula is C69H76N4O3P+. The van der Waals surface area contributed by atoms with Gasteiger partial charge >= 0.3 is 0 Å². The summed E-state index contributed by atoms with van der Waals surface area (Å²) in [5.41, 5.74) is 4.92. The summed E-state index contributed by atoms with van der Waals surface area (Å²) in [6.07, 6.45) is 17.1. The Morgan fingerprint density at radius 1 is 0.442 bits per heavy atom. The maximum Gasteiger partial charge on any atom is 0.277 e. The smallest absolute Gasteiger partial charge is 0.277 e. The quantitative estimate of drug-likeness (QED) is 0.0529. The van der Waals surface area contributed by atoms with Crippen molar-refractivity contribution in [1.29, 1.82) is 0 Å². The molecule has 6 aromatic rings. The fraction of sp³-hybridized carbons (Fsp3) is 0.261. The monoisotopic (exact) mass is 1040 g/mol. The number of carbonyl (C=O) groups is 3. The van der Waals surface area contributed by atoms with Gasteiger partial charge in [0, 0.05) is 51.3 Å². The Morgan fingerprint density at radius 2 is 0.766 bits per heavy atom. The molecule has 77 heavy (non-hydrogen) atoms. The fourth-order valence-corrected chi connectivity index (χ4v) is 15.1. The van der Waals surface area contributed by atoms with E-state index in [0.717, 1.165) is 59.6 Å². The molecule has 0 aromatic heterocycles. The highest BCUT2D eigenvalue weighted by molar-refractivity contribution is 7.46. The van der Waals surface area contributed by atoms with Crippen LogP contribution >= 0.6 is 8.37 Å². The van der Waals surface area contributed by atoms with Gasteiger partial charge in [0.15, 0.2) is 22.8 Å². The minimum absolute atomic E-state index is 0.0318. The third-order valence-electron chi connectivity index (χ3n) is 14.1. The van der Waals surface area contributed by atoms with Gasteiger partial charge in [-0.2, -0.15) is 0 Å². The summed E-state index contributed by atoms with van der Waals surface area (Å²) in [5.74, 6) is -0.257. The van der Waals surface area contributed by atoms with Crippen LogP contribution in [0.5, 0.6) is 0 Å². The maximum atomic E-state index is 16.8. The molecule has 3 aliphatic rings. The molecule has 3 aliphatic heterocycles. The molecule has 3 heterocycles. The summed E-state index contributed by atoms with van der Waals surface area (Å²) in [6, 6.07) is 60.1. The molecule has 0 N–H and O–H groups in total. The van der Waals surface area contributed by atoms with Crippen LogP contribution in [0.25, 0.3) is 36.5 Å². The Bertz CT molecular complexity index is 2940. The number of hydrogen-bond donors (Lipinski definition) is 0. The van der Waals surface area contributed by atoms with Gasteiger partial charge in [0.25, 0.3) is 8.37 Å². The van der Waals surface area contributed by atoms with Crippen molar-refractivity contribution in [2.24, 2.45) is 17.8 Å². The molecule has 0 saturated carbocycles. The van der Waals surface area contributed by atoms with E-state index in [4.69, 9.17) is 0 Å². The molecule has 0 aliphatic carbocycles. The molecule has 0 amide bonds. The van der Waals surface area contributed by atoms with Gasteiger partial charge in [0.2, 0.25) is 5.78 Å². The summed E-state index contributed by atoms with van der Waals surface area (Å²) in [5, 5.41) is 0. The van der Waals surface area contributed by atoms with Gasteiger partial charge in [0.05, 0.1) is 24.2 Å². The van der Waals surface area contributed by atoms with Crippen molar-refractivity contribution >= 4 is 62.2 Å². The predicted molar refractivity (Wildman–Crippen MR) is 324 cm³/mol. The minimum atomic E-state index is -1.72. The Labute approximate surface area is 460 Å². The number of nitrogens with zero attached hydrogens (tertiary/aromatic N) is 4. The first kappa shape index (κ1) is 56.2. The van der Waals surface area contributed by atoms with Gasteiger partial charge in [-0.05, 0) is 75.6 Å². The van der Waals surface area contributed by atoms with Crippen molar-refractivity contribution in [3.63, 3.8) is 0 Å². The second kappa shape index (κ2) is 26.9. The molecule has 9 rings (SSSR count). The summed E-state index contributed by atoms with van der Waals surface area (Å²) in [6.45, 7) is 18.6. The molecule has 8 heteroatoms. The third kappa shape index (κ3) is 14.0. The van der Waals surface area contributed by atoms with Crippen LogP contribution in [-0.4, -0.2) is 93.7 Å². The third-order valence-corrected chi connectivity index (χ3v) is 17.2. The van der Waals surface area contributed by atoms with E-state index in [0.29, 0.717) is 36.5 Å². The second-order valence-electron chi connectivity index (χ2n) is 21.6. The van der Waals surface area contributed by atoms with Gasteiger partial charge in [-0.25, -0.2) is 13.6 Å². The SMILES string of the molecule is CC(C)CN1CCN2CCN(CC(C)C)P1[N+](CC(C)C)(C(=Cc1ccccc1)C(=O)C=Cc1ccccc1)C(C(=Cc1ccccc1)C(=O)C=Cc1ccccc1)(C(=Cc1ccccc1)C(=O)C=Cc1ccccc1)C2. The first-order valence-electron chi connectivity index (χ1n) is 27.4. The summed E-state index contributed by atoms with van der Waals surface area (Å²) < 4.78 is 5.31. The summed E-state index contributed by atoms with van der Waals surface area (Å²) in [4.78, 5) is 52.8. The lowest BCUT2D eigenvalue weighted by atomic mass is 9.73. The molecule has 1 unspecified atom stereocenters. The highest BCUT2D eigenvalue weighted by Gasteiger charge is 2.69. The molecule has 0 spiro atoms. The number of hydrogen-bond acceptors (Lipinski definition) is 6. The van der Waals surface area contributed by atoms with Crippen LogP contribution in [0.15, 0.2) is 217 Å². The zero-order valence-corrected chi connectivity index (χ0v) is 46.8. The van der Waals surface area contributed by atoms with Gasteiger partial charge in [-0.1, -0.05) is 242 Å². The van der Waals surface area contributed by atoms with Crippen LogP contribution in [0, 0.1) is 17.8 Å². The van der Waals surface area contributed by atoms with Crippen molar-refractivity contribution in [1.82, 2.24) is 14.2 Å². The number of ketones is 3. The van der Waals surface area contributed by atoms with E-state index in [1.165, 1.54) is 0 Å². The average molecular weight is 1040 g/mol. The van der Waals surface area contributed by atoms with Crippen molar-refractivity contribution in [2.75, 3.05) is 52.4 Å². The zero-order valence-electron chi connectivity index (χ0n) is 45.9. The molecule has 7 nitrogen and oxygen atoms in total. The van der Waals surface area contributed by atoms with Crippen LogP contribution in [0.1, 0.15) is 74.9 Å². The molecule has 0 radical (unpaired) electrons. The Morgan fingerprint density at radius 3 is 1.10 bits per heavy atom. The minimum Gasteiger partial charge on any atom is -0.294 e. The maximum absolute atomic E-state index is 16.8. The molecular weight excluding hydrogens is 964 g/mol. The van der Waals surface area contributed by atoms with Gasteiger partial charge < -0.3 is 0 Å². The van der Waals surface area contributed by atoms with Crippen LogP contribution < -0.4 is 0 Å². The number of benzene rings is 6. The van der Waals surface area contributed by atoms with E-state index in [2.05, 4.69) is 86.1 Å². The molecule has 6 aromatic carbocycles. The number of quaternary nitrogens is 1. The number of allylic oxidation sites excluding steroid dienone is 3.